The molecule has 1 aliphatic heterocycles. The Morgan fingerprint density at radius 3 is 2.55 bits per heavy atom. The molecule has 9 heteroatoms. The van der Waals surface area contributed by atoms with Gasteiger partial charge in [0.1, 0.15) is 5.60 Å². The highest BCUT2D eigenvalue weighted by atomic mass is 127. The summed E-state index contributed by atoms with van der Waals surface area (Å²) in [7, 11) is 1.73. The maximum absolute atomic E-state index is 12.0. The Bertz CT molecular complexity index is 478. The van der Waals surface area contributed by atoms with E-state index in [0.717, 1.165) is 32.4 Å². The van der Waals surface area contributed by atoms with Gasteiger partial charge in [0.05, 0.1) is 18.8 Å². The Kier molecular flexibility index (Phi) is 14.6. The molecule has 1 aliphatic rings. The first-order chi connectivity index (χ1) is 13.2. The van der Waals surface area contributed by atoms with Crippen molar-refractivity contribution in [3.8, 4) is 0 Å². The van der Waals surface area contributed by atoms with E-state index in [1.165, 1.54) is 0 Å². The lowest BCUT2D eigenvalue weighted by Gasteiger charge is -2.26. The number of nitrogens with zero attached hydrogens (tertiary/aromatic N) is 1. The summed E-state index contributed by atoms with van der Waals surface area (Å²) in [6, 6.07) is -0.0665. The quantitative estimate of drug-likeness (QED) is 0.175. The van der Waals surface area contributed by atoms with Crippen LogP contribution in [-0.2, 0) is 14.2 Å². The molecule has 2 atom stereocenters. The van der Waals surface area contributed by atoms with E-state index in [0.29, 0.717) is 25.7 Å². The Morgan fingerprint density at radius 1 is 1.28 bits per heavy atom. The van der Waals surface area contributed by atoms with E-state index in [4.69, 9.17) is 14.2 Å². The van der Waals surface area contributed by atoms with Crippen LogP contribution in [0.25, 0.3) is 0 Å². The Morgan fingerprint density at radius 2 is 2.00 bits per heavy atom. The molecule has 1 saturated heterocycles. The second kappa shape index (κ2) is 15.1. The van der Waals surface area contributed by atoms with Crippen molar-refractivity contribution in [1.82, 2.24) is 16.0 Å². The normalized spacial score (nSPS) is 18.2. The summed E-state index contributed by atoms with van der Waals surface area (Å²) in [5, 5.41) is 9.45. The van der Waals surface area contributed by atoms with Crippen molar-refractivity contribution in [1.29, 1.82) is 0 Å². The summed E-state index contributed by atoms with van der Waals surface area (Å²) < 4.78 is 16.5. The molecule has 2 unspecified atom stereocenters. The maximum atomic E-state index is 12.0. The van der Waals surface area contributed by atoms with Gasteiger partial charge in [-0.1, -0.05) is 13.8 Å². The lowest BCUT2D eigenvalue weighted by molar-refractivity contribution is 0.0168. The van der Waals surface area contributed by atoms with Crippen LogP contribution in [0, 0.1) is 5.92 Å². The third-order valence-corrected chi connectivity index (χ3v) is 4.31. The summed E-state index contributed by atoms with van der Waals surface area (Å²) in [5.74, 6) is 0.958. The monoisotopic (exact) mass is 528 g/mol. The van der Waals surface area contributed by atoms with E-state index >= 15 is 0 Å². The van der Waals surface area contributed by atoms with Crippen LogP contribution >= 0.6 is 24.0 Å². The number of amides is 1. The van der Waals surface area contributed by atoms with Crippen molar-refractivity contribution in [3.63, 3.8) is 0 Å². The van der Waals surface area contributed by atoms with Crippen molar-refractivity contribution >= 4 is 36.0 Å². The first kappa shape index (κ1) is 28.2. The fourth-order valence-electron chi connectivity index (χ4n) is 2.71. The molecule has 1 fully saturated rings. The highest BCUT2D eigenvalue weighted by molar-refractivity contribution is 14.0. The molecule has 3 N–H and O–H groups in total. The van der Waals surface area contributed by atoms with Crippen LogP contribution in [0.3, 0.4) is 0 Å². The second-order valence-electron chi connectivity index (χ2n) is 8.44. The zero-order chi connectivity index (χ0) is 21.0. The fourth-order valence-corrected chi connectivity index (χ4v) is 2.71. The van der Waals surface area contributed by atoms with Gasteiger partial charge < -0.3 is 30.2 Å². The molecule has 0 aliphatic carbocycles. The number of halogens is 1. The first-order valence-corrected chi connectivity index (χ1v) is 10.3. The highest BCUT2D eigenvalue weighted by Gasteiger charge is 2.21. The molecule has 1 rings (SSSR count). The molecule has 29 heavy (non-hydrogen) atoms. The average Bonchev–Trinajstić information content (AvgIpc) is 3.10. The lowest BCUT2D eigenvalue weighted by Crippen LogP contribution is -2.50. The minimum Gasteiger partial charge on any atom is -0.444 e. The van der Waals surface area contributed by atoms with Gasteiger partial charge in [0.15, 0.2) is 5.96 Å². The number of alkyl carbamates (subject to hydrolysis) is 1. The molecule has 0 radical (unpaired) electrons. The van der Waals surface area contributed by atoms with Crippen molar-refractivity contribution in [3.05, 3.63) is 0 Å². The van der Waals surface area contributed by atoms with Gasteiger partial charge >= 0.3 is 6.09 Å². The third kappa shape index (κ3) is 13.9. The summed E-state index contributed by atoms with van der Waals surface area (Å²) in [6.45, 7) is 13.2. The van der Waals surface area contributed by atoms with E-state index in [-0.39, 0.29) is 42.0 Å². The minimum atomic E-state index is -0.511. The molecule has 1 heterocycles. The van der Waals surface area contributed by atoms with Gasteiger partial charge in [-0.2, -0.15) is 0 Å². The van der Waals surface area contributed by atoms with Crippen LogP contribution in [0.1, 0.15) is 53.9 Å². The van der Waals surface area contributed by atoms with Crippen LogP contribution in [0.5, 0.6) is 0 Å². The first-order valence-electron chi connectivity index (χ1n) is 10.3. The maximum Gasteiger partial charge on any atom is 0.407 e. The molecule has 1 amide bonds. The number of hydrogen-bond acceptors (Lipinski definition) is 5. The van der Waals surface area contributed by atoms with Gasteiger partial charge in [-0.05, 0) is 46.0 Å². The number of hydrogen-bond donors (Lipinski definition) is 3. The number of ether oxygens (including phenoxy) is 3. The molecule has 8 nitrogen and oxygen atoms in total. The molecule has 172 valence electrons. The Hall–Kier alpha value is -0.810. The molecule has 0 aromatic rings. The van der Waals surface area contributed by atoms with Crippen molar-refractivity contribution < 1.29 is 19.0 Å². The van der Waals surface area contributed by atoms with E-state index < -0.39 is 11.7 Å². The molecule has 0 saturated carbocycles. The summed E-state index contributed by atoms with van der Waals surface area (Å²) in [5.41, 5.74) is -0.511. The predicted molar refractivity (Wildman–Crippen MR) is 127 cm³/mol. The largest absolute Gasteiger partial charge is 0.444 e. The van der Waals surface area contributed by atoms with E-state index in [1.807, 2.05) is 20.8 Å². The van der Waals surface area contributed by atoms with Gasteiger partial charge in [-0.25, -0.2) is 4.79 Å². The van der Waals surface area contributed by atoms with Crippen molar-refractivity contribution in [2.75, 3.05) is 40.0 Å². The van der Waals surface area contributed by atoms with Gasteiger partial charge in [0, 0.05) is 33.4 Å². The van der Waals surface area contributed by atoms with Gasteiger partial charge in [0.2, 0.25) is 0 Å². The number of carbonyl (C=O) groups excluding carboxylic acids is 1. The third-order valence-electron chi connectivity index (χ3n) is 4.31. The standard InChI is InChI=1S/C20H40N4O4.HI/c1-15(2)17(24-19(25)28-20(3,4)5)13-23-18(21-6)22-10-8-11-26-14-16-9-7-12-27-16;/h15-17H,7-14H2,1-6H3,(H,24,25)(H2,21,22,23);1H. The van der Waals surface area contributed by atoms with E-state index in [1.54, 1.807) is 7.05 Å². The fraction of sp³-hybridized carbons (Fsp3) is 0.900. The summed E-state index contributed by atoms with van der Waals surface area (Å²) in [4.78, 5) is 16.3. The van der Waals surface area contributed by atoms with Gasteiger partial charge in [0.25, 0.3) is 0 Å². The van der Waals surface area contributed by atoms with Gasteiger partial charge in [-0.3, -0.25) is 4.99 Å². The predicted octanol–water partition coefficient (Wildman–Crippen LogP) is 2.90. The molecule has 0 aromatic heterocycles. The van der Waals surface area contributed by atoms with Crippen molar-refractivity contribution in [2.24, 2.45) is 10.9 Å². The number of aliphatic imine (C=N–C) groups is 1. The van der Waals surface area contributed by atoms with Crippen molar-refractivity contribution in [2.45, 2.75) is 71.6 Å². The summed E-state index contributed by atoms with van der Waals surface area (Å²) >= 11 is 0. The zero-order valence-corrected chi connectivity index (χ0v) is 21.2. The lowest BCUT2D eigenvalue weighted by atomic mass is 10.0. The van der Waals surface area contributed by atoms with E-state index in [9.17, 15) is 4.79 Å². The number of rotatable bonds is 10. The van der Waals surface area contributed by atoms with Crippen LogP contribution in [0.2, 0.25) is 0 Å². The van der Waals surface area contributed by atoms with Gasteiger partial charge in [-0.15, -0.1) is 24.0 Å². The Labute approximate surface area is 193 Å². The van der Waals surface area contributed by atoms with Crippen LogP contribution in [0.4, 0.5) is 4.79 Å². The zero-order valence-electron chi connectivity index (χ0n) is 18.9. The number of carbonyl (C=O) groups is 1. The average molecular weight is 528 g/mol. The molecule has 0 bridgehead atoms. The molecule has 0 spiro atoms. The number of guanidine groups is 1. The van der Waals surface area contributed by atoms with Crippen LogP contribution in [-0.4, -0.2) is 69.8 Å². The molecule has 0 aromatic carbocycles. The Balaban J connectivity index is 0.00000784. The summed E-state index contributed by atoms with van der Waals surface area (Å²) in [6.07, 6.45) is 2.99. The second-order valence-corrected chi connectivity index (χ2v) is 8.44. The van der Waals surface area contributed by atoms with E-state index in [2.05, 4.69) is 34.8 Å². The molecular weight excluding hydrogens is 487 g/mol. The van der Waals surface area contributed by atoms with Crippen LogP contribution < -0.4 is 16.0 Å². The SMILES string of the molecule is CN=C(NCCCOCC1CCCO1)NCC(NC(=O)OC(C)(C)C)C(C)C.I. The molecular formula is C20H41IN4O4. The number of nitrogens with one attached hydrogen (secondary N) is 3. The van der Waals surface area contributed by atoms with Crippen LogP contribution in [0.15, 0.2) is 4.99 Å². The smallest absolute Gasteiger partial charge is 0.407 e. The minimum absolute atomic E-state index is 0. The highest BCUT2D eigenvalue weighted by Crippen LogP contribution is 2.12. The topological polar surface area (TPSA) is 93.2 Å².